The van der Waals surface area contributed by atoms with Crippen LogP contribution in [0, 0.1) is 6.67 Å². The zero-order valence-corrected chi connectivity index (χ0v) is 28.4. The lowest BCUT2D eigenvalue weighted by Crippen LogP contribution is -2.27. The second-order valence-electron chi connectivity index (χ2n) is 11.6. The standard InChI is InChI=1S/C35H54N2O7P/c1-4-6-7-8-9-10-11-12-13-14-25-41-32-18-20-33(21-19-32)42-28-35(40-24-5-2)29-43-45(38,39)44-34-17-15-16-31(26-34)27-37-23-22-36(3)30-37/h15-23,26,30,35H,4-14,24-25,27-29H2,1-3H3,(H,38,39). The van der Waals surface area contributed by atoms with Crippen LogP contribution >= 0.6 is 7.82 Å². The minimum atomic E-state index is -4.39. The molecule has 3 rings (SSSR count). The van der Waals surface area contributed by atoms with E-state index >= 15 is 0 Å². The molecule has 2 aromatic carbocycles. The van der Waals surface area contributed by atoms with E-state index < -0.39 is 13.9 Å². The summed E-state index contributed by atoms with van der Waals surface area (Å²) in [6.45, 7) is 7.98. The van der Waals surface area contributed by atoms with E-state index in [9.17, 15) is 9.46 Å². The third kappa shape index (κ3) is 15.9. The Hall–Kier alpha value is -2.71. The van der Waals surface area contributed by atoms with Crippen LogP contribution in [0.1, 0.15) is 90.0 Å². The molecule has 2 unspecified atom stereocenters. The molecule has 1 N–H and O–H groups in total. The maximum Gasteiger partial charge on any atom is 0.527 e. The molecule has 1 radical (unpaired) electrons. The van der Waals surface area contributed by atoms with Gasteiger partial charge in [0, 0.05) is 32.6 Å². The van der Waals surface area contributed by atoms with Crippen molar-refractivity contribution in [3.05, 3.63) is 73.2 Å². The second kappa shape index (κ2) is 21.2. The lowest BCUT2D eigenvalue weighted by molar-refractivity contribution is -0.0125. The van der Waals surface area contributed by atoms with Gasteiger partial charge in [-0.15, -0.1) is 0 Å². The predicted molar refractivity (Wildman–Crippen MR) is 179 cm³/mol. The first kappa shape index (κ1) is 36.8. The predicted octanol–water partition coefficient (Wildman–Crippen LogP) is 8.69. The number of phosphoric acid groups is 1. The van der Waals surface area contributed by atoms with Crippen LogP contribution in [0.3, 0.4) is 0 Å². The van der Waals surface area contributed by atoms with Crippen molar-refractivity contribution in [2.24, 2.45) is 0 Å². The molecule has 10 heteroatoms. The van der Waals surface area contributed by atoms with E-state index in [1.807, 2.05) is 73.2 Å². The van der Waals surface area contributed by atoms with E-state index in [-0.39, 0.29) is 19.0 Å². The SMILES string of the molecule is CCCCCCCCCCCCOc1ccc(OCC(COP(=O)(O)Oc2cccc(CN3[CH]N(C)C=C3)c2)OCCC)cc1. The molecule has 0 aromatic heterocycles. The maximum atomic E-state index is 12.8. The van der Waals surface area contributed by atoms with Crippen LogP contribution in [0.2, 0.25) is 0 Å². The van der Waals surface area contributed by atoms with Crippen molar-refractivity contribution in [3.8, 4) is 17.2 Å². The molecule has 45 heavy (non-hydrogen) atoms. The monoisotopic (exact) mass is 645 g/mol. The van der Waals surface area contributed by atoms with Crippen molar-refractivity contribution < 1.29 is 32.7 Å². The summed E-state index contributed by atoms with van der Waals surface area (Å²) in [5.41, 5.74) is 0.927. The van der Waals surface area contributed by atoms with Crippen LogP contribution in [0.15, 0.2) is 60.9 Å². The Labute approximate surface area is 271 Å². The van der Waals surface area contributed by atoms with E-state index in [1.54, 1.807) is 18.2 Å². The molecule has 0 aliphatic carbocycles. The first-order valence-electron chi connectivity index (χ1n) is 16.6. The first-order valence-corrected chi connectivity index (χ1v) is 18.1. The molecule has 0 saturated carbocycles. The summed E-state index contributed by atoms with van der Waals surface area (Å²) in [6, 6.07) is 14.6. The Morgan fingerprint density at radius 2 is 1.42 bits per heavy atom. The number of nitrogens with zero attached hydrogens (tertiary/aromatic N) is 2. The van der Waals surface area contributed by atoms with Gasteiger partial charge in [-0.25, -0.2) is 4.57 Å². The van der Waals surface area contributed by atoms with E-state index in [2.05, 4.69) is 6.92 Å². The van der Waals surface area contributed by atoms with Gasteiger partial charge in [-0.2, -0.15) is 0 Å². The third-order valence-corrected chi connectivity index (χ3v) is 8.23. The number of ether oxygens (including phenoxy) is 3. The fourth-order valence-electron chi connectivity index (χ4n) is 4.87. The van der Waals surface area contributed by atoms with Crippen molar-refractivity contribution in [2.75, 3.05) is 33.5 Å². The molecule has 2 aromatic rings. The quantitative estimate of drug-likeness (QED) is 0.0841. The smallest absolute Gasteiger partial charge is 0.494 e. The molecule has 9 nitrogen and oxygen atoms in total. The Kier molecular flexibility index (Phi) is 17.3. The minimum absolute atomic E-state index is 0.155. The van der Waals surface area contributed by atoms with Crippen LogP contribution in [0.25, 0.3) is 0 Å². The Balaban J connectivity index is 1.35. The molecule has 2 atom stereocenters. The van der Waals surface area contributed by atoms with E-state index in [0.717, 1.165) is 24.2 Å². The van der Waals surface area contributed by atoms with Gasteiger partial charge in [0.1, 0.15) is 36.6 Å². The summed E-state index contributed by atoms with van der Waals surface area (Å²) in [5.74, 6) is 1.72. The summed E-state index contributed by atoms with van der Waals surface area (Å²) in [6.07, 6.45) is 17.1. The highest BCUT2D eigenvalue weighted by atomic mass is 31.2. The van der Waals surface area contributed by atoms with Crippen LogP contribution in [0.5, 0.6) is 17.2 Å². The average Bonchev–Trinajstić information content (AvgIpc) is 3.44. The topological polar surface area (TPSA) is 89.9 Å². The summed E-state index contributed by atoms with van der Waals surface area (Å²) in [7, 11) is -2.44. The Morgan fingerprint density at radius 3 is 2.07 bits per heavy atom. The normalized spacial score (nSPS) is 14.8. The lowest BCUT2D eigenvalue weighted by atomic mass is 10.1. The fourth-order valence-corrected chi connectivity index (χ4v) is 5.66. The molecule has 0 bridgehead atoms. The summed E-state index contributed by atoms with van der Waals surface area (Å²) >= 11 is 0. The maximum absolute atomic E-state index is 12.8. The van der Waals surface area contributed by atoms with Gasteiger partial charge in [-0.1, -0.05) is 83.8 Å². The molecule has 0 spiro atoms. The van der Waals surface area contributed by atoms with Crippen molar-refractivity contribution in [3.63, 3.8) is 0 Å². The second-order valence-corrected chi connectivity index (χ2v) is 12.9. The molecular weight excluding hydrogens is 591 g/mol. The highest BCUT2D eigenvalue weighted by molar-refractivity contribution is 7.47. The largest absolute Gasteiger partial charge is 0.527 e. The van der Waals surface area contributed by atoms with Crippen LogP contribution in [0.4, 0.5) is 0 Å². The number of unbranched alkanes of at least 4 members (excludes halogenated alkanes) is 9. The van der Waals surface area contributed by atoms with Crippen molar-refractivity contribution in [2.45, 2.75) is 97.1 Å². The van der Waals surface area contributed by atoms with Crippen molar-refractivity contribution in [1.29, 1.82) is 0 Å². The van der Waals surface area contributed by atoms with Gasteiger partial charge in [0.25, 0.3) is 0 Å². The highest BCUT2D eigenvalue weighted by Gasteiger charge is 2.26. The van der Waals surface area contributed by atoms with Crippen molar-refractivity contribution in [1.82, 2.24) is 9.80 Å². The third-order valence-electron chi connectivity index (χ3n) is 7.32. The van der Waals surface area contributed by atoms with Gasteiger partial charge in [0.2, 0.25) is 0 Å². The van der Waals surface area contributed by atoms with Crippen LogP contribution in [-0.2, 0) is 20.4 Å². The molecular formula is C35H54N2O7P. The van der Waals surface area contributed by atoms with Crippen LogP contribution < -0.4 is 14.0 Å². The van der Waals surface area contributed by atoms with Gasteiger partial charge < -0.3 is 28.5 Å². The Bertz CT molecular complexity index is 1150. The number of benzene rings is 2. The van der Waals surface area contributed by atoms with Gasteiger partial charge in [0.15, 0.2) is 0 Å². The fraction of sp³-hybridized carbons (Fsp3) is 0.571. The van der Waals surface area contributed by atoms with Gasteiger partial charge >= 0.3 is 7.82 Å². The van der Waals surface area contributed by atoms with E-state index in [1.165, 1.54) is 57.8 Å². The summed E-state index contributed by atoms with van der Waals surface area (Å²) in [4.78, 5) is 14.4. The zero-order chi connectivity index (χ0) is 32.2. The van der Waals surface area contributed by atoms with Gasteiger partial charge in [-0.3, -0.25) is 9.42 Å². The highest BCUT2D eigenvalue weighted by Crippen LogP contribution is 2.44. The average molecular weight is 646 g/mol. The number of hydrogen-bond donors (Lipinski definition) is 1. The molecule has 1 heterocycles. The first-order chi connectivity index (χ1) is 21.9. The molecule has 1 aliphatic rings. The molecule has 0 amide bonds. The van der Waals surface area contributed by atoms with E-state index in [4.69, 9.17) is 23.3 Å². The molecule has 0 fully saturated rings. The zero-order valence-electron chi connectivity index (χ0n) is 27.5. The molecule has 1 aliphatic heterocycles. The number of rotatable bonds is 25. The van der Waals surface area contributed by atoms with Gasteiger partial charge in [0.05, 0.1) is 13.2 Å². The van der Waals surface area contributed by atoms with Gasteiger partial charge in [-0.05, 0) is 54.8 Å². The summed E-state index contributed by atoms with van der Waals surface area (Å²) < 4.78 is 41.1. The summed E-state index contributed by atoms with van der Waals surface area (Å²) in [5, 5.41) is 0. The number of hydrogen-bond acceptors (Lipinski definition) is 8. The Morgan fingerprint density at radius 1 is 0.756 bits per heavy atom. The van der Waals surface area contributed by atoms with E-state index in [0.29, 0.717) is 25.5 Å². The van der Waals surface area contributed by atoms with Crippen molar-refractivity contribution >= 4 is 7.82 Å². The molecule has 251 valence electrons. The minimum Gasteiger partial charge on any atom is -0.494 e. The number of phosphoric ester groups is 1. The molecule has 0 saturated heterocycles. The van der Waals surface area contributed by atoms with Crippen LogP contribution in [-0.4, -0.2) is 54.3 Å². The lowest BCUT2D eigenvalue weighted by Gasteiger charge is -2.21.